The van der Waals surface area contributed by atoms with E-state index in [1.807, 2.05) is 13.8 Å². The van der Waals surface area contributed by atoms with E-state index in [4.69, 9.17) is 9.47 Å². The molecule has 34 heavy (non-hydrogen) atoms. The first-order valence-electron chi connectivity index (χ1n) is 11.7. The molecule has 1 aromatic rings. The first kappa shape index (κ1) is 27.1. The summed E-state index contributed by atoms with van der Waals surface area (Å²) in [7, 11) is 1.58. The van der Waals surface area contributed by atoms with Crippen LogP contribution in [0.15, 0.2) is 24.3 Å². The standard InChI is InChI=1S/C24H36N4O6/c1-16(2)15-19-24(32)26-12-14-34-20-8-5-4-7-17(20)22(30)28-18(9-10-21(29)27-19)23(31)25-11-6-13-33-3/h4-5,7-8,16,18-19H,6,9-15H2,1-3H3,(H,25,31)(H,26,32)(H,27,29)(H,28,30)/t18-,19+/m0/s1. The summed E-state index contributed by atoms with van der Waals surface area (Å²) >= 11 is 0. The van der Waals surface area contributed by atoms with Gasteiger partial charge in [0, 0.05) is 26.7 Å². The van der Waals surface area contributed by atoms with Crippen LogP contribution in [-0.4, -0.2) is 69.1 Å². The van der Waals surface area contributed by atoms with Gasteiger partial charge in [-0.1, -0.05) is 26.0 Å². The van der Waals surface area contributed by atoms with Gasteiger partial charge in [-0.05, 0) is 37.3 Å². The molecule has 188 valence electrons. The van der Waals surface area contributed by atoms with Gasteiger partial charge in [0.05, 0.1) is 12.1 Å². The van der Waals surface area contributed by atoms with Crippen LogP contribution in [0, 0.1) is 5.92 Å². The van der Waals surface area contributed by atoms with Crippen molar-refractivity contribution in [2.75, 3.05) is 33.4 Å². The molecule has 2 atom stereocenters. The molecule has 0 saturated heterocycles. The Labute approximate surface area is 200 Å². The number of benzene rings is 1. The zero-order valence-corrected chi connectivity index (χ0v) is 20.1. The van der Waals surface area contributed by atoms with Crippen molar-refractivity contribution in [3.63, 3.8) is 0 Å². The lowest BCUT2D eigenvalue weighted by molar-refractivity contribution is -0.130. The molecule has 1 heterocycles. The van der Waals surface area contributed by atoms with E-state index in [0.29, 0.717) is 31.7 Å². The average molecular weight is 477 g/mol. The Hall–Kier alpha value is -3.14. The first-order chi connectivity index (χ1) is 16.3. The van der Waals surface area contributed by atoms with E-state index in [2.05, 4.69) is 21.3 Å². The van der Waals surface area contributed by atoms with Gasteiger partial charge in [0.15, 0.2) is 0 Å². The molecule has 0 bridgehead atoms. The molecular weight excluding hydrogens is 440 g/mol. The third-order valence-electron chi connectivity index (χ3n) is 5.26. The van der Waals surface area contributed by atoms with Crippen molar-refractivity contribution in [3.05, 3.63) is 29.8 Å². The molecular formula is C24H36N4O6. The lowest BCUT2D eigenvalue weighted by atomic mass is 10.0. The van der Waals surface area contributed by atoms with Crippen LogP contribution >= 0.6 is 0 Å². The summed E-state index contributed by atoms with van der Waals surface area (Å²) in [5.74, 6) is -1.00. The predicted octanol–water partition coefficient (Wildman–Crippen LogP) is 0.757. The number of nitrogens with one attached hydrogen (secondary N) is 4. The second kappa shape index (κ2) is 14.2. The van der Waals surface area contributed by atoms with Crippen molar-refractivity contribution in [3.8, 4) is 5.75 Å². The second-order valence-electron chi connectivity index (χ2n) is 8.59. The van der Waals surface area contributed by atoms with E-state index in [1.165, 1.54) is 0 Å². The quantitative estimate of drug-likeness (QED) is 0.429. The van der Waals surface area contributed by atoms with Crippen LogP contribution in [0.5, 0.6) is 5.75 Å². The van der Waals surface area contributed by atoms with E-state index < -0.39 is 23.9 Å². The third-order valence-corrected chi connectivity index (χ3v) is 5.26. The van der Waals surface area contributed by atoms with Crippen molar-refractivity contribution in [1.29, 1.82) is 0 Å². The summed E-state index contributed by atoms with van der Waals surface area (Å²) in [4.78, 5) is 51.0. The van der Waals surface area contributed by atoms with Gasteiger partial charge in [-0.2, -0.15) is 0 Å². The molecule has 10 nitrogen and oxygen atoms in total. The van der Waals surface area contributed by atoms with E-state index >= 15 is 0 Å². The minimum Gasteiger partial charge on any atom is -0.491 e. The summed E-state index contributed by atoms with van der Waals surface area (Å²) in [6.45, 7) is 5.15. The van der Waals surface area contributed by atoms with Gasteiger partial charge < -0.3 is 30.7 Å². The number of hydrogen-bond acceptors (Lipinski definition) is 6. The molecule has 1 aliphatic heterocycles. The first-order valence-corrected chi connectivity index (χ1v) is 11.7. The highest BCUT2D eigenvalue weighted by atomic mass is 16.5. The van der Waals surface area contributed by atoms with Crippen LogP contribution < -0.4 is 26.0 Å². The molecule has 1 aromatic carbocycles. The molecule has 0 aliphatic carbocycles. The predicted molar refractivity (Wildman–Crippen MR) is 126 cm³/mol. The normalized spacial score (nSPS) is 20.1. The van der Waals surface area contributed by atoms with Crippen molar-refractivity contribution in [1.82, 2.24) is 21.3 Å². The van der Waals surface area contributed by atoms with Crippen LogP contribution in [0.2, 0.25) is 0 Å². The fourth-order valence-corrected chi connectivity index (χ4v) is 3.54. The van der Waals surface area contributed by atoms with Crippen molar-refractivity contribution >= 4 is 23.6 Å². The maximum Gasteiger partial charge on any atom is 0.255 e. The van der Waals surface area contributed by atoms with Crippen LogP contribution in [0.4, 0.5) is 0 Å². The summed E-state index contributed by atoms with van der Waals surface area (Å²) in [6, 6.07) is 5.06. The van der Waals surface area contributed by atoms with Crippen molar-refractivity contribution in [2.24, 2.45) is 5.92 Å². The number of hydrogen-bond donors (Lipinski definition) is 4. The third kappa shape index (κ3) is 9.01. The smallest absolute Gasteiger partial charge is 0.255 e. The van der Waals surface area contributed by atoms with E-state index in [-0.39, 0.29) is 49.3 Å². The Bertz CT molecular complexity index is 845. The molecule has 1 aliphatic rings. The molecule has 4 amide bonds. The maximum atomic E-state index is 13.0. The largest absolute Gasteiger partial charge is 0.491 e. The van der Waals surface area contributed by atoms with Crippen LogP contribution in [0.3, 0.4) is 0 Å². The summed E-state index contributed by atoms with van der Waals surface area (Å²) < 4.78 is 10.7. The monoisotopic (exact) mass is 476 g/mol. The number of para-hydroxylation sites is 1. The Morgan fingerprint density at radius 3 is 2.71 bits per heavy atom. The summed E-state index contributed by atoms with van der Waals surface area (Å²) in [6.07, 6.45) is 1.14. The molecule has 2 rings (SSSR count). The molecule has 0 saturated carbocycles. The lowest BCUT2D eigenvalue weighted by Gasteiger charge is -2.21. The van der Waals surface area contributed by atoms with Gasteiger partial charge in [0.1, 0.15) is 24.4 Å². The Morgan fingerprint density at radius 1 is 1.21 bits per heavy atom. The highest BCUT2D eigenvalue weighted by molar-refractivity contribution is 5.99. The highest BCUT2D eigenvalue weighted by Gasteiger charge is 2.26. The number of amides is 4. The van der Waals surface area contributed by atoms with E-state index in [9.17, 15) is 19.2 Å². The van der Waals surface area contributed by atoms with Gasteiger partial charge in [-0.15, -0.1) is 0 Å². The molecule has 0 unspecified atom stereocenters. The lowest BCUT2D eigenvalue weighted by Crippen LogP contribution is -2.49. The van der Waals surface area contributed by atoms with Crippen LogP contribution in [0.1, 0.15) is 49.9 Å². The SMILES string of the molecule is COCCCNC(=O)[C@@H]1CCC(=O)N[C@H](CC(C)C)C(=O)NCCOc2ccccc2C(=O)N1. The van der Waals surface area contributed by atoms with Crippen molar-refractivity contribution in [2.45, 2.75) is 51.6 Å². The fourth-order valence-electron chi connectivity index (χ4n) is 3.54. The van der Waals surface area contributed by atoms with Gasteiger partial charge >= 0.3 is 0 Å². The van der Waals surface area contributed by atoms with Crippen molar-refractivity contribution < 1.29 is 28.7 Å². The van der Waals surface area contributed by atoms with Crippen LogP contribution in [0.25, 0.3) is 0 Å². The fraction of sp³-hybridized carbons (Fsp3) is 0.583. The minimum atomic E-state index is -0.934. The molecule has 10 heteroatoms. The topological polar surface area (TPSA) is 135 Å². The zero-order valence-electron chi connectivity index (χ0n) is 20.1. The van der Waals surface area contributed by atoms with Gasteiger partial charge in [-0.25, -0.2) is 0 Å². The van der Waals surface area contributed by atoms with Gasteiger partial charge in [0.25, 0.3) is 5.91 Å². The van der Waals surface area contributed by atoms with Crippen LogP contribution in [-0.2, 0) is 19.1 Å². The average Bonchev–Trinajstić information content (AvgIpc) is 2.81. The number of rotatable bonds is 7. The number of ether oxygens (including phenoxy) is 2. The second-order valence-corrected chi connectivity index (χ2v) is 8.59. The zero-order chi connectivity index (χ0) is 24.9. The molecule has 0 radical (unpaired) electrons. The van der Waals surface area contributed by atoms with E-state index in [1.54, 1.807) is 31.4 Å². The van der Waals surface area contributed by atoms with Gasteiger partial charge in [0.2, 0.25) is 17.7 Å². The minimum absolute atomic E-state index is 0.0313. The molecule has 4 N–H and O–H groups in total. The van der Waals surface area contributed by atoms with Gasteiger partial charge in [-0.3, -0.25) is 19.2 Å². The highest BCUT2D eigenvalue weighted by Crippen LogP contribution is 2.18. The molecule has 0 aromatic heterocycles. The number of carbonyl (C=O) groups excluding carboxylic acids is 4. The summed E-state index contributed by atoms with van der Waals surface area (Å²) in [5.41, 5.74) is 0.267. The Balaban J connectivity index is 2.23. The number of methoxy groups -OCH3 is 1. The molecule has 0 fully saturated rings. The maximum absolute atomic E-state index is 13.0. The van der Waals surface area contributed by atoms with E-state index in [0.717, 1.165) is 0 Å². The number of fused-ring (bicyclic) bond motifs is 1. The summed E-state index contributed by atoms with van der Waals surface area (Å²) in [5, 5.41) is 11.0. The molecule has 0 spiro atoms. The Morgan fingerprint density at radius 2 is 1.97 bits per heavy atom. The Kier molecular flexibility index (Phi) is 11.3. The number of carbonyl (C=O) groups is 4.